The highest BCUT2D eigenvalue weighted by Crippen LogP contribution is 2.24. The monoisotopic (exact) mass is 431 g/mol. The van der Waals surface area contributed by atoms with Crippen LogP contribution in [0, 0.1) is 0 Å². The molecule has 0 aliphatic heterocycles. The van der Waals surface area contributed by atoms with Crippen LogP contribution in [-0.2, 0) is 11.3 Å². The van der Waals surface area contributed by atoms with Crippen LogP contribution in [0.25, 0.3) is 0 Å². The number of amides is 2. The molecule has 0 aliphatic rings. The molecule has 32 heavy (non-hydrogen) atoms. The zero-order valence-corrected chi connectivity index (χ0v) is 18.5. The van der Waals surface area contributed by atoms with Gasteiger partial charge in [-0.15, -0.1) is 0 Å². The minimum Gasteiger partial charge on any atom is -0.495 e. The summed E-state index contributed by atoms with van der Waals surface area (Å²) >= 11 is 0. The van der Waals surface area contributed by atoms with E-state index in [9.17, 15) is 9.59 Å². The Balaban J connectivity index is 1.57. The van der Waals surface area contributed by atoms with Gasteiger partial charge in [-0.1, -0.05) is 49.4 Å². The highest BCUT2D eigenvalue weighted by Gasteiger charge is 2.12. The molecule has 0 aliphatic carbocycles. The normalized spacial score (nSPS) is 10.6. The first-order chi connectivity index (χ1) is 15.6. The van der Waals surface area contributed by atoms with Gasteiger partial charge in [-0.3, -0.25) is 14.5 Å². The molecule has 0 spiro atoms. The van der Waals surface area contributed by atoms with E-state index in [4.69, 9.17) is 4.74 Å². The molecule has 0 radical (unpaired) electrons. The molecule has 0 atom stereocenters. The van der Waals surface area contributed by atoms with E-state index in [2.05, 4.69) is 34.6 Å². The lowest BCUT2D eigenvalue weighted by Crippen LogP contribution is -2.33. The molecule has 0 saturated carbocycles. The Kier molecular flexibility index (Phi) is 8.40. The second kappa shape index (κ2) is 11.7. The molecule has 6 heteroatoms. The maximum absolute atomic E-state index is 12.6. The lowest BCUT2D eigenvalue weighted by Gasteiger charge is -2.21. The average molecular weight is 432 g/mol. The van der Waals surface area contributed by atoms with E-state index in [-0.39, 0.29) is 11.8 Å². The van der Waals surface area contributed by atoms with Gasteiger partial charge in [0.1, 0.15) is 5.75 Å². The number of benzene rings is 3. The molecule has 0 aromatic heterocycles. The summed E-state index contributed by atoms with van der Waals surface area (Å²) in [4.78, 5) is 27.2. The summed E-state index contributed by atoms with van der Waals surface area (Å²) < 4.78 is 5.27. The van der Waals surface area contributed by atoms with Crippen LogP contribution in [0.15, 0.2) is 78.9 Å². The molecule has 2 N–H and O–H groups in total. The van der Waals surface area contributed by atoms with Crippen LogP contribution in [0.5, 0.6) is 5.75 Å². The van der Waals surface area contributed by atoms with E-state index in [0.29, 0.717) is 29.2 Å². The number of carbonyl (C=O) groups excluding carboxylic acids is 2. The van der Waals surface area contributed by atoms with Crippen LogP contribution in [0.3, 0.4) is 0 Å². The zero-order valence-electron chi connectivity index (χ0n) is 18.5. The molecule has 3 rings (SSSR count). The van der Waals surface area contributed by atoms with E-state index in [0.717, 1.165) is 19.5 Å². The van der Waals surface area contributed by atoms with Crippen LogP contribution in [0.1, 0.15) is 29.3 Å². The van der Waals surface area contributed by atoms with E-state index in [1.807, 2.05) is 30.3 Å². The number of hydrogen-bond acceptors (Lipinski definition) is 4. The van der Waals surface area contributed by atoms with Gasteiger partial charge in [-0.05, 0) is 54.9 Å². The fourth-order valence-electron chi connectivity index (χ4n) is 3.42. The fourth-order valence-corrected chi connectivity index (χ4v) is 3.42. The number of carbonyl (C=O) groups is 2. The highest BCUT2D eigenvalue weighted by atomic mass is 16.5. The molecule has 0 fully saturated rings. The molecule has 3 aromatic rings. The lowest BCUT2D eigenvalue weighted by molar-refractivity contribution is -0.117. The van der Waals surface area contributed by atoms with Crippen LogP contribution in [0.4, 0.5) is 11.4 Å². The Bertz CT molecular complexity index is 1020. The van der Waals surface area contributed by atoms with Crippen molar-refractivity contribution < 1.29 is 14.3 Å². The van der Waals surface area contributed by atoms with Crippen molar-refractivity contribution in [2.75, 3.05) is 30.8 Å². The topological polar surface area (TPSA) is 70.7 Å². The first kappa shape index (κ1) is 23.0. The Hall–Kier alpha value is -3.64. The maximum Gasteiger partial charge on any atom is 0.255 e. The van der Waals surface area contributed by atoms with E-state index < -0.39 is 0 Å². The maximum atomic E-state index is 12.6. The van der Waals surface area contributed by atoms with Crippen molar-refractivity contribution in [2.45, 2.75) is 19.9 Å². The Morgan fingerprint density at radius 3 is 2.25 bits per heavy atom. The molecule has 166 valence electrons. The quantitative estimate of drug-likeness (QED) is 0.484. The molecule has 0 bridgehead atoms. The smallest absolute Gasteiger partial charge is 0.255 e. The van der Waals surface area contributed by atoms with Gasteiger partial charge in [0.2, 0.25) is 5.91 Å². The van der Waals surface area contributed by atoms with Gasteiger partial charge in [0.05, 0.1) is 19.3 Å². The Labute approximate surface area is 189 Å². The van der Waals surface area contributed by atoms with Crippen LogP contribution >= 0.6 is 0 Å². The van der Waals surface area contributed by atoms with Crippen LogP contribution < -0.4 is 15.4 Å². The number of para-hydroxylation sites is 2. The second-order valence-electron chi connectivity index (χ2n) is 7.48. The number of nitrogens with zero attached hydrogens (tertiary/aromatic N) is 1. The van der Waals surface area contributed by atoms with Gasteiger partial charge in [0.25, 0.3) is 5.91 Å². The average Bonchev–Trinajstić information content (AvgIpc) is 2.80. The standard InChI is InChI=1S/C26H29N3O3/c1-3-17-29(18-20-9-5-4-6-10-20)19-25(30)27-22-15-13-21(14-16-22)26(31)28-23-11-7-8-12-24(23)32-2/h4-16H,3,17-19H2,1-2H3,(H,27,30)(H,28,31). The zero-order chi connectivity index (χ0) is 22.8. The molecule has 0 saturated heterocycles. The molecular formula is C26H29N3O3. The minimum absolute atomic E-state index is 0.0828. The van der Waals surface area contributed by atoms with E-state index in [1.54, 1.807) is 43.5 Å². The first-order valence-corrected chi connectivity index (χ1v) is 10.7. The summed E-state index contributed by atoms with van der Waals surface area (Å²) in [5.74, 6) is 0.266. The summed E-state index contributed by atoms with van der Waals surface area (Å²) in [5.41, 5.74) is 2.93. The third kappa shape index (κ3) is 6.68. The molecule has 6 nitrogen and oxygen atoms in total. The number of methoxy groups -OCH3 is 1. The van der Waals surface area contributed by atoms with E-state index >= 15 is 0 Å². The van der Waals surface area contributed by atoms with Gasteiger partial charge in [-0.25, -0.2) is 0 Å². The Morgan fingerprint density at radius 2 is 1.56 bits per heavy atom. The summed E-state index contributed by atoms with van der Waals surface area (Å²) in [6.07, 6.45) is 0.968. The van der Waals surface area contributed by atoms with Crippen LogP contribution in [0.2, 0.25) is 0 Å². The summed E-state index contributed by atoms with van der Waals surface area (Å²) in [5, 5.41) is 5.76. The van der Waals surface area contributed by atoms with Crippen molar-refractivity contribution in [2.24, 2.45) is 0 Å². The van der Waals surface area contributed by atoms with Crippen molar-refractivity contribution in [1.82, 2.24) is 4.90 Å². The molecule has 0 heterocycles. The number of nitrogens with one attached hydrogen (secondary N) is 2. The lowest BCUT2D eigenvalue weighted by atomic mass is 10.2. The highest BCUT2D eigenvalue weighted by molar-refractivity contribution is 6.05. The largest absolute Gasteiger partial charge is 0.495 e. The van der Waals surface area contributed by atoms with Gasteiger partial charge < -0.3 is 15.4 Å². The SMILES string of the molecule is CCCN(CC(=O)Nc1ccc(C(=O)Nc2ccccc2OC)cc1)Cc1ccccc1. The van der Waals surface area contributed by atoms with Crippen molar-refractivity contribution in [3.05, 3.63) is 90.0 Å². The van der Waals surface area contributed by atoms with Gasteiger partial charge in [0, 0.05) is 17.8 Å². The summed E-state index contributed by atoms with van der Waals surface area (Å²) in [6.45, 7) is 3.97. The predicted octanol–water partition coefficient (Wildman–Crippen LogP) is 4.80. The van der Waals surface area contributed by atoms with Gasteiger partial charge in [0.15, 0.2) is 0 Å². The second-order valence-corrected chi connectivity index (χ2v) is 7.48. The summed E-state index contributed by atoms with van der Waals surface area (Å²) in [7, 11) is 1.56. The van der Waals surface area contributed by atoms with Crippen molar-refractivity contribution in [1.29, 1.82) is 0 Å². The van der Waals surface area contributed by atoms with Crippen molar-refractivity contribution in [3.8, 4) is 5.75 Å². The predicted molar refractivity (Wildman–Crippen MR) is 128 cm³/mol. The number of anilines is 2. The molecule has 3 aromatic carbocycles. The molecular weight excluding hydrogens is 402 g/mol. The first-order valence-electron chi connectivity index (χ1n) is 10.7. The Morgan fingerprint density at radius 1 is 0.875 bits per heavy atom. The number of hydrogen-bond donors (Lipinski definition) is 2. The molecule has 2 amide bonds. The van der Waals surface area contributed by atoms with Gasteiger partial charge in [-0.2, -0.15) is 0 Å². The third-order valence-electron chi connectivity index (χ3n) is 4.94. The van der Waals surface area contributed by atoms with Crippen molar-refractivity contribution in [3.63, 3.8) is 0 Å². The van der Waals surface area contributed by atoms with Crippen molar-refractivity contribution >= 4 is 23.2 Å². The molecule has 0 unspecified atom stereocenters. The van der Waals surface area contributed by atoms with Crippen LogP contribution in [-0.4, -0.2) is 36.9 Å². The third-order valence-corrected chi connectivity index (χ3v) is 4.94. The summed E-state index contributed by atoms with van der Waals surface area (Å²) in [6, 6.07) is 24.2. The number of ether oxygens (including phenoxy) is 1. The van der Waals surface area contributed by atoms with Gasteiger partial charge >= 0.3 is 0 Å². The fraction of sp³-hybridized carbons (Fsp3) is 0.231. The minimum atomic E-state index is -0.246. The number of rotatable bonds is 10. The van der Waals surface area contributed by atoms with E-state index in [1.165, 1.54) is 5.56 Å².